The molecule has 0 aromatic carbocycles. The van der Waals surface area contributed by atoms with Crippen LogP contribution in [-0.2, 0) is 4.74 Å². The standard InChI is InChI=1S/C15H19ClN4O2/c1-19-9-11(17)8-12(15(19)16)10-6-13(18-14(21)7-10)20-2-4-22-5-3-20/h6-9,15H,2-5,17H2,1H3,(H,18,21). The summed E-state index contributed by atoms with van der Waals surface area (Å²) in [4.78, 5) is 18.8. The number of nitrogens with zero attached hydrogens (tertiary/aromatic N) is 2. The van der Waals surface area contributed by atoms with E-state index in [0.717, 1.165) is 30.0 Å². The predicted octanol–water partition coefficient (Wildman–Crippen LogP) is 0.905. The molecular formula is C15H19ClN4O2. The minimum atomic E-state index is -0.355. The van der Waals surface area contributed by atoms with E-state index in [-0.39, 0.29) is 11.1 Å². The summed E-state index contributed by atoms with van der Waals surface area (Å²) >= 11 is 6.44. The molecule has 1 aromatic rings. The number of hydrogen-bond donors (Lipinski definition) is 2. The van der Waals surface area contributed by atoms with Crippen molar-refractivity contribution < 1.29 is 4.74 Å². The van der Waals surface area contributed by atoms with E-state index < -0.39 is 0 Å². The zero-order chi connectivity index (χ0) is 15.7. The summed E-state index contributed by atoms with van der Waals surface area (Å²) in [5.74, 6) is 0.784. The van der Waals surface area contributed by atoms with Gasteiger partial charge in [-0.3, -0.25) is 4.79 Å². The normalized spacial score (nSPS) is 22.4. The van der Waals surface area contributed by atoms with Gasteiger partial charge >= 0.3 is 0 Å². The number of halogens is 1. The number of nitrogens with one attached hydrogen (secondary N) is 1. The van der Waals surface area contributed by atoms with Gasteiger partial charge in [0.2, 0.25) is 5.56 Å². The first kappa shape index (κ1) is 15.0. The van der Waals surface area contributed by atoms with Crippen LogP contribution >= 0.6 is 11.6 Å². The van der Waals surface area contributed by atoms with Crippen LogP contribution < -0.4 is 16.2 Å². The SMILES string of the molecule is CN1C=C(N)C=C(c2cc(N3CCOCC3)[nH]c(=O)c2)C1Cl. The largest absolute Gasteiger partial charge is 0.398 e. The number of nitrogens with two attached hydrogens (primary N) is 1. The van der Waals surface area contributed by atoms with Crippen molar-refractivity contribution >= 4 is 23.0 Å². The number of H-pyrrole nitrogens is 1. The van der Waals surface area contributed by atoms with Gasteiger partial charge in [-0.05, 0) is 23.3 Å². The highest BCUT2D eigenvalue weighted by Crippen LogP contribution is 2.29. The van der Waals surface area contributed by atoms with E-state index in [1.165, 1.54) is 0 Å². The van der Waals surface area contributed by atoms with Crippen LogP contribution in [0.5, 0.6) is 0 Å². The third kappa shape index (κ3) is 2.98. The van der Waals surface area contributed by atoms with E-state index in [0.29, 0.717) is 18.9 Å². The van der Waals surface area contributed by atoms with E-state index in [2.05, 4.69) is 9.88 Å². The van der Waals surface area contributed by atoms with Gasteiger partial charge in [-0.1, -0.05) is 11.6 Å². The van der Waals surface area contributed by atoms with Crippen molar-refractivity contribution in [1.82, 2.24) is 9.88 Å². The van der Waals surface area contributed by atoms with Gasteiger partial charge < -0.3 is 25.3 Å². The highest BCUT2D eigenvalue weighted by molar-refractivity contribution is 6.26. The molecule has 1 unspecified atom stereocenters. The van der Waals surface area contributed by atoms with Crippen LogP contribution in [0.1, 0.15) is 5.56 Å². The second-order valence-electron chi connectivity index (χ2n) is 5.45. The van der Waals surface area contributed by atoms with Gasteiger partial charge in [0.1, 0.15) is 11.3 Å². The molecule has 0 saturated carbocycles. The fourth-order valence-corrected chi connectivity index (χ4v) is 2.94. The smallest absolute Gasteiger partial charge is 0.250 e. The van der Waals surface area contributed by atoms with Crippen molar-refractivity contribution in [3.63, 3.8) is 0 Å². The lowest BCUT2D eigenvalue weighted by atomic mass is 10.0. The predicted molar refractivity (Wildman–Crippen MR) is 87.7 cm³/mol. The molecule has 118 valence electrons. The molecule has 3 N–H and O–H groups in total. The number of ether oxygens (including phenoxy) is 1. The van der Waals surface area contributed by atoms with Crippen molar-refractivity contribution in [3.8, 4) is 0 Å². The first-order valence-electron chi connectivity index (χ1n) is 7.17. The minimum absolute atomic E-state index is 0.153. The molecular weight excluding hydrogens is 304 g/mol. The van der Waals surface area contributed by atoms with E-state index in [9.17, 15) is 4.79 Å². The summed E-state index contributed by atoms with van der Waals surface area (Å²) in [6.07, 6.45) is 3.59. The lowest BCUT2D eigenvalue weighted by molar-refractivity contribution is 0.122. The summed E-state index contributed by atoms with van der Waals surface area (Å²) < 4.78 is 5.35. The number of alkyl halides is 1. The molecule has 0 spiro atoms. The van der Waals surface area contributed by atoms with Gasteiger partial charge in [0, 0.05) is 38.1 Å². The highest BCUT2D eigenvalue weighted by atomic mass is 35.5. The summed E-state index contributed by atoms with van der Waals surface area (Å²) in [5, 5.41) is 0. The fraction of sp³-hybridized carbons (Fsp3) is 0.400. The van der Waals surface area contributed by atoms with Crippen molar-refractivity contribution in [2.24, 2.45) is 5.73 Å². The third-order valence-electron chi connectivity index (χ3n) is 3.80. The number of aromatic nitrogens is 1. The van der Waals surface area contributed by atoms with Crippen LogP contribution in [0.15, 0.2) is 34.9 Å². The first-order chi connectivity index (χ1) is 10.5. The quantitative estimate of drug-likeness (QED) is 0.625. The molecule has 7 heteroatoms. The van der Waals surface area contributed by atoms with Crippen LogP contribution in [0, 0.1) is 0 Å². The fourth-order valence-electron chi connectivity index (χ4n) is 2.70. The molecule has 1 aromatic heterocycles. The maximum absolute atomic E-state index is 12.0. The van der Waals surface area contributed by atoms with Gasteiger partial charge in [0.05, 0.1) is 13.2 Å². The number of rotatable bonds is 2. The van der Waals surface area contributed by atoms with E-state index in [4.69, 9.17) is 22.1 Å². The van der Waals surface area contributed by atoms with E-state index in [1.54, 1.807) is 12.3 Å². The Morgan fingerprint density at radius 2 is 2.09 bits per heavy atom. The van der Waals surface area contributed by atoms with Gasteiger partial charge in [-0.15, -0.1) is 0 Å². The number of aromatic amines is 1. The zero-order valence-electron chi connectivity index (χ0n) is 12.4. The second kappa shape index (κ2) is 6.06. The van der Waals surface area contributed by atoms with Gasteiger partial charge in [0.25, 0.3) is 0 Å². The number of anilines is 1. The van der Waals surface area contributed by atoms with Crippen molar-refractivity contribution in [3.05, 3.63) is 46.0 Å². The lowest BCUT2D eigenvalue weighted by Gasteiger charge is -2.30. The Morgan fingerprint density at radius 1 is 1.36 bits per heavy atom. The van der Waals surface area contributed by atoms with Crippen LogP contribution in [0.3, 0.4) is 0 Å². The molecule has 1 saturated heterocycles. The number of morpholine rings is 1. The first-order valence-corrected chi connectivity index (χ1v) is 7.60. The average molecular weight is 323 g/mol. The minimum Gasteiger partial charge on any atom is -0.398 e. The van der Waals surface area contributed by atoms with E-state index in [1.807, 2.05) is 24.1 Å². The molecule has 1 fully saturated rings. The Kier molecular flexibility index (Phi) is 4.13. The van der Waals surface area contributed by atoms with Crippen LogP contribution in [-0.4, -0.2) is 48.7 Å². The molecule has 3 rings (SSSR count). The molecule has 3 heterocycles. The Bertz CT molecular complexity index is 676. The van der Waals surface area contributed by atoms with Crippen LogP contribution in [0.25, 0.3) is 5.57 Å². The van der Waals surface area contributed by atoms with Crippen LogP contribution in [0.4, 0.5) is 5.82 Å². The molecule has 0 bridgehead atoms. The van der Waals surface area contributed by atoms with Crippen molar-refractivity contribution in [1.29, 1.82) is 0 Å². The van der Waals surface area contributed by atoms with Crippen molar-refractivity contribution in [2.45, 2.75) is 5.50 Å². The monoisotopic (exact) mass is 322 g/mol. The molecule has 22 heavy (non-hydrogen) atoms. The Balaban J connectivity index is 1.99. The summed E-state index contributed by atoms with van der Waals surface area (Å²) in [7, 11) is 1.85. The van der Waals surface area contributed by atoms with Gasteiger partial charge in [-0.25, -0.2) is 0 Å². The molecule has 1 atom stereocenters. The molecule has 6 nitrogen and oxygen atoms in total. The Hall–Kier alpha value is -1.92. The number of pyridine rings is 1. The topological polar surface area (TPSA) is 74.6 Å². The molecule has 0 aliphatic carbocycles. The average Bonchev–Trinajstić information content (AvgIpc) is 2.51. The Labute approximate surface area is 133 Å². The second-order valence-corrected chi connectivity index (χ2v) is 5.86. The number of allylic oxidation sites excluding steroid dienone is 1. The summed E-state index contributed by atoms with van der Waals surface area (Å²) in [6.45, 7) is 2.83. The maximum Gasteiger partial charge on any atom is 0.250 e. The molecule has 0 radical (unpaired) electrons. The molecule has 2 aliphatic heterocycles. The number of likely N-dealkylation sites (N-methyl/N-ethyl adjacent to an activating group) is 1. The van der Waals surface area contributed by atoms with Crippen molar-refractivity contribution in [2.75, 3.05) is 38.3 Å². The maximum atomic E-state index is 12.0. The lowest BCUT2D eigenvalue weighted by Crippen LogP contribution is -2.37. The molecule has 0 amide bonds. The van der Waals surface area contributed by atoms with Gasteiger partial charge in [-0.2, -0.15) is 0 Å². The third-order valence-corrected chi connectivity index (χ3v) is 4.35. The van der Waals surface area contributed by atoms with Crippen LogP contribution in [0.2, 0.25) is 0 Å². The Morgan fingerprint density at radius 3 is 2.82 bits per heavy atom. The van der Waals surface area contributed by atoms with E-state index >= 15 is 0 Å². The zero-order valence-corrected chi connectivity index (χ0v) is 13.1. The summed E-state index contributed by atoms with van der Waals surface area (Å²) in [5.41, 5.74) is 7.62. The van der Waals surface area contributed by atoms with Gasteiger partial charge in [0.15, 0.2) is 0 Å². The number of hydrogen-bond acceptors (Lipinski definition) is 5. The molecule has 2 aliphatic rings. The highest BCUT2D eigenvalue weighted by Gasteiger charge is 2.22. The summed E-state index contributed by atoms with van der Waals surface area (Å²) in [6, 6.07) is 3.50.